The Balaban J connectivity index is 0.000000136. The molecule has 0 aliphatic carbocycles. The van der Waals surface area contributed by atoms with Crippen LogP contribution in [0.5, 0.6) is 0 Å². The fourth-order valence-electron chi connectivity index (χ4n) is 15.5. The van der Waals surface area contributed by atoms with Crippen LogP contribution in [0.2, 0.25) is 0 Å². The van der Waals surface area contributed by atoms with Gasteiger partial charge in [0, 0.05) is 152 Å². The minimum absolute atomic E-state index is 0.187. The van der Waals surface area contributed by atoms with Gasteiger partial charge in [0.2, 0.25) is 0 Å². The summed E-state index contributed by atoms with van der Waals surface area (Å²) in [5, 5.41) is 5.57. The average molecular weight is 1790 g/mol. The highest BCUT2D eigenvalue weighted by atomic mass is 16.7. The van der Waals surface area contributed by atoms with Crippen LogP contribution in [0.25, 0.3) is 78.8 Å². The van der Waals surface area contributed by atoms with Crippen molar-refractivity contribution in [1.29, 1.82) is 0 Å². The van der Waals surface area contributed by atoms with E-state index in [1.807, 2.05) is 194 Å². The van der Waals surface area contributed by atoms with Gasteiger partial charge in [-0.1, -0.05) is 248 Å². The number of carbonyl (C=O) groups excluding carboxylic acids is 7. The van der Waals surface area contributed by atoms with Gasteiger partial charge in [-0.2, -0.15) is 35.4 Å². The van der Waals surface area contributed by atoms with Crippen molar-refractivity contribution >= 4 is 126 Å². The largest absolute Gasteiger partial charge is 0.370 e. The first-order valence-corrected chi connectivity index (χ1v) is 42.8. The number of fused-ring (bicyclic) bond motifs is 6. The Bertz CT molecular complexity index is 7000. The van der Waals surface area contributed by atoms with Gasteiger partial charge < -0.3 is 56.8 Å². The molecule has 134 heavy (non-hydrogen) atoms. The Hall–Kier alpha value is -16.9. The summed E-state index contributed by atoms with van der Waals surface area (Å²) in [5.74, 6) is 25.3. The van der Waals surface area contributed by atoms with E-state index in [1.54, 1.807) is 30.4 Å². The van der Waals surface area contributed by atoms with Gasteiger partial charge in [0.05, 0.1) is 16.6 Å². The van der Waals surface area contributed by atoms with Gasteiger partial charge in [0.1, 0.15) is 0 Å². The molecule has 17 aromatic rings. The quantitative estimate of drug-likeness (QED) is 0.0229. The second-order valence-electron chi connectivity index (χ2n) is 31.1. The number of hydrogen-bond donors (Lipinski definition) is 6. The zero-order valence-corrected chi connectivity index (χ0v) is 73.5. The molecule has 0 bridgehead atoms. The van der Waals surface area contributed by atoms with E-state index in [0.717, 1.165) is 141 Å². The van der Waals surface area contributed by atoms with Crippen LogP contribution in [0.3, 0.4) is 0 Å². The first-order chi connectivity index (χ1) is 65.4. The number of carbonyl (C=O) groups is 7. The van der Waals surface area contributed by atoms with Crippen LogP contribution in [-0.4, -0.2) is 71.0 Å². The van der Waals surface area contributed by atoms with Gasteiger partial charge in [-0.05, 0) is 194 Å². The number of ketones is 1. The Labute approximate surface area is 773 Å². The number of nitrogens with zero attached hydrogens (tertiary/aromatic N) is 6. The standard InChI is InChI=1S/C20H18N2O3.C19H18N2O2.3C18H16N2O2.C16H16N2O2/c21-25-20(24)9-7-18(23)13-16-6-8-19-17(12-16)10-11-22(19)14-15-4-2-1-3-5-15;1-14-5-7-15(8-6-14)13-21-12-11-17-4-2-3-16(19(17)21)9-10-18(22)23-20;19-22-18(21)10-9-15-7-4-8-17-16(15)11-12-20(17)13-14-5-2-1-3-6-14;19-22-17(21)10-9-15-7-4-8-16-11-12-20(18(15)16)13-14-5-2-1-3-6-14;19-22-18(21)9-7-14-6-8-16-10-11-20(17(16)12-14)13-15-4-2-1-3-5-15;17-20-16(19)14-6-7-15-13(10-14)8-9-18(15)11-12-4-2-1-3-5-12/h1-12H,13-14,21H2;2-12H,13,20H2,1H3;3*1-12H,13,19H2;1-7,10H,8-9,11,17H2/b9-7+;3*10-9+;9-7+;. The van der Waals surface area contributed by atoms with Crippen molar-refractivity contribution in [1.82, 2.24) is 22.8 Å². The van der Waals surface area contributed by atoms with E-state index < -0.39 is 35.8 Å². The molecule has 0 amide bonds. The lowest BCUT2D eigenvalue weighted by Crippen LogP contribution is -2.19. The SMILES string of the molecule is Cc1ccc(Cn2ccc3cccc(/C=C/C(=O)ON)c32)cc1.NOC(=O)/C=C/C(=O)Cc1ccc2c(ccn2Cc2ccccc2)c1.NOC(=O)/C=C/c1ccc2ccn(Cc3ccccc3)c2c1.NOC(=O)/C=C/c1cccc2c1ccn2Cc1ccccc1.NOC(=O)/C=C/c1cccc2ccn(Cc3ccccc3)c12.NOC(=O)c1ccc2c(c1)CCN2Cc1ccccc1. The van der Waals surface area contributed by atoms with Gasteiger partial charge in [0.15, 0.2) is 5.78 Å². The fraction of sp³-hybridized carbons (Fsp3) is 0.0917. The first kappa shape index (κ1) is 94.7. The molecular weight excluding hydrogens is 1690 g/mol. The number of hydrogen-bond acceptors (Lipinski definition) is 20. The number of anilines is 1. The molecule has 0 unspecified atom stereocenters. The van der Waals surface area contributed by atoms with Crippen molar-refractivity contribution in [2.75, 3.05) is 11.4 Å². The number of allylic oxidation sites excluding steroid dienone is 1. The lowest BCUT2D eigenvalue weighted by molar-refractivity contribution is -0.139. The molecule has 6 heterocycles. The minimum Gasteiger partial charge on any atom is -0.370 e. The molecule has 18 rings (SSSR count). The molecule has 25 nitrogen and oxygen atoms in total. The van der Waals surface area contributed by atoms with Gasteiger partial charge in [0.25, 0.3) is 0 Å². The van der Waals surface area contributed by atoms with Crippen LogP contribution in [0.4, 0.5) is 5.69 Å². The molecule has 0 radical (unpaired) electrons. The van der Waals surface area contributed by atoms with E-state index >= 15 is 0 Å². The molecule has 5 aromatic heterocycles. The molecule has 0 fully saturated rings. The van der Waals surface area contributed by atoms with E-state index in [0.29, 0.717) is 5.56 Å². The maximum absolute atomic E-state index is 11.9. The van der Waals surface area contributed by atoms with Crippen LogP contribution < -0.4 is 40.3 Å². The highest BCUT2D eigenvalue weighted by molar-refractivity contribution is 5.99. The molecule has 1 aliphatic rings. The smallest absolute Gasteiger partial charge is 0.356 e. The maximum Gasteiger partial charge on any atom is 0.356 e. The topological polar surface area (TPSA) is 359 Å². The molecule has 12 N–H and O–H groups in total. The van der Waals surface area contributed by atoms with Crippen molar-refractivity contribution in [3.05, 3.63) is 461 Å². The number of benzene rings is 12. The molecule has 0 atom stereocenters. The molecule has 0 spiro atoms. The molecule has 0 saturated heterocycles. The molecule has 25 heteroatoms. The van der Waals surface area contributed by atoms with Crippen LogP contribution in [0.15, 0.2) is 383 Å². The third kappa shape index (κ3) is 26.7. The number of aromatic nitrogens is 5. The zero-order valence-electron chi connectivity index (χ0n) is 73.5. The molecule has 0 saturated carbocycles. The molecule has 12 aromatic carbocycles. The number of aryl methyl sites for hydroxylation is 1. The summed E-state index contributed by atoms with van der Waals surface area (Å²) in [6.45, 7) is 7.89. The van der Waals surface area contributed by atoms with Crippen molar-refractivity contribution in [2.45, 2.75) is 59.0 Å². The van der Waals surface area contributed by atoms with Crippen molar-refractivity contribution in [2.24, 2.45) is 35.4 Å². The Morgan fingerprint density at radius 2 is 0.716 bits per heavy atom. The summed E-state index contributed by atoms with van der Waals surface area (Å²) in [7, 11) is 0. The predicted octanol–water partition coefficient (Wildman–Crippen LogP) is 17.8. The number of para-hydroxylation sites is 2. The summed E-state index contributed by atoms with van der Waals surface area (Å²) < 4.78 is 10.9. The van der Waals surface area contributed by atoms with E-state index in [2.05, 4.69) is 210 Å². The Morgan fingerprint density at radius 3 is 1.22 bits per heavy atom. The summed E-state index contributed by atoms with van der Waals surface area (Å²) in [4.78, 5) is 106. The Kier molecular flexibility index (Phi) is 33.9. The lowest BCUT2D eigenvalue weighted by atomic mass is 10.1. The van der Waals surface area contributed by atoms with Gasteiger partial charge in [-0.25, -0.2) is 28.8 Å². The van der Waals surface area contributed by atoms with Crippen LogP contribution >= 0.6 is 0 Å². The Morgan fingerprint density at radius 1 is 0.306 bits per heavy atom. The predicted molar refractivity (Wildman–Crippen MR) is 525 cm³/mol. The van der Waals surface area contributed by atoms with Crippen LogP contribution in [0.1, 0.15) is 82.7 Å². The summed E-state index contributed by atoms with van der Waals surface area (Å²) in [6.07, 6.45) is 25.8. The molecule has 1 aliphatic heterocycles. The lowest BCUT2D eigenvalue weighted by Gasteiger charge is -2.19. The normalized spacial score (nSPS) is 11.4. The van der Waals surface area contributed by atoms with E-state index in [-0.39, 0.29) is 12.2 Å². The second kappa shape index (κ2) is 47.9. The second-order valence-corrected chi connectivity index (χ2v) is 31.1. The first-order valence-electron chi connectivity index (χ1n) is 42.8. The minimum atomic E-state index is -0.748. The summed E-state index contributed by atoms with van der Waals surface area (Å²) in [5.41, 5.74) is 21.7. The highest BCUT2D eigenvalue weighted by Gasteiger charge is 2.22. The maximum atomic E-state index is 11.9. The van der Waals surface area contributed by atoms with Crippen LogP contribution in [0, 0.1) is 6.92 Å². The van der Waals surface area contributed by atoms with E-state index in [9.17, 15) is 33.6 Å². The van der Waals surface area contributed by atoms with E-state index in [1.165, 1.54) is 80.6 Å². The average Bonchev–Trinajstić information content (AvgIpc) is 1.67. The van der Waals surface area contributed by atoms with Crippen molar-refractivity contribution in [3.8, 4) is 0 Å². The molecule has 674 valence electrons. The zero-order chi connectivity index (χ0) is 93.9. The number of rotatable bonds is 25. The highest BCUT2D eigenvalue weighted by Crippen LogP contribution is 2.32. The van der Waals surface area contributed by atoms with Crippen LogP contribution in [-0.2, 0) is 110 Å². The van der Waals surface area contributed by atoms with E-state index in [4.69, 9.17) is 35.4 Å². The third-order valence-corrected chi connectivity index (χ3v) is 22.0. The van der Waals surface area contributed by atoms with Crippen molar-refractivity contribution < 1.29 is 62.6 Å². The summed E-state index contributed by atoms with van der Waals surface area (Å²) in [6, 6.07) is 106. The van der Waals surface area contributed by atoms with Gasteiger partial charge in [-0.15, -0.1) is 0 Å². The fourth-order valence-corrected chi connectivity index (χ4v) is 15.5. The summed E-state index contributed by atoms with van der Waals surface area (Å²) >= 11 is 0. The molecular formula is C109H100N12O13. The van der Waals surface area contributed by atoms with Gasteiger partial charge >= 0.3 is 35.8 Å². The monoisotopic (exact) mass is 1780 g/mol. The van der Waals surface area contributed by atoms with Crippen molar-refractivity contribution in [3.63, 3.8) is 0 Å². The third-order valence-electron chi connectivity index (χ3n) is 22.0. The number of nitrogens with two attached hydrogens (primary N) is 6. The van der Waals surface area contributed by atoms with Gasteiger partial charge in [-0.3, -0.25) is 4.79 Å².